The number of aryl methyl sites for hydroxylation is 2. The molecule has 57 heavy (non-hydrogen) atoms. The molecule has 1 fully saturated rings. The topological polar surface area (TPSA) is 133 Å². The number of pyridine rings is 1. The summed E-state index contributed by atoms with van der Waals surface area (Å²) in [6.07, 6.45) is 9.15. The molecule has 0 saturated carbocycles. The fourth-order valence-corrected chi connectivity index (χ4v) is 8.65. The number of ether oxygens (including phenoxy) is 2. The van der Waals surface area contributed by atoms with Crippen LogP contribution in [0.5, 0.6) is 5.75 Å². The van der Waals surface area contributed by atoms with Crippen LogP contribution in [0, 0.1) is 0 Å². The van der Waals surface area contributed by atoms with Crippen LogP contribution in [0.2, 0.25) is 0 Å². The number of hydrogen-bond acceptors (Lipinski definition) is 10. The monoisotopic (exact) mass is 787 g/mol. The number of amides is 1. The van der Waals surface area contributed by atoms with E-state index in [0.29, 0.717) is 43.4 Å². The van der Waals surface area contributed by atoms with Gasteiger partial charge in [0.15, 0.2) is 5.65 Å². The average Bonchev–Trinajstić information content (AvgIpc) is 3.93. The number of benzene rings is 2. The van der Waals surface area contributed by atoms with E-state index in [-0.39, 0.29) is 11.5 Å². The van der Waals surface area contributed by atoms with Gasteiger partial charge in [-0.25, -0.2) is 14.6 Å². The molecule has 1 atom stereocenters. The van der Waals surface area contributed by atoms with Crippen LogP contribution in [0.4, 0.5) is 5.69 Å². The summed E-state index contributed by atoms with van der Waals surface area (Å²) in [4.78, 5) is 38.3. The molecule has 2 aromatic carbocycles. The molecule has 0 aliphatic carbocycles. The number of piperazine rings is 1. The molecule has 2 N–H and O–H groups in total. The van der Waals surface area contributed by atoms with Crippen LogP contribution in [-0.2, 0) is 37.9 Å². The molecule has 13 nitrogen and oxygen atoms in total. The number of nitrogens with zero attached hydrogens (tertiary/aromatic N) is 7. The summed E-state index contributed by atoms with van der Waals surface area (Å²) in [6, 6.07) is 20.8. The van der Waals surface area contributed by atoms with Crippen molar-refractivity contribution in [3.63, 3.8) is 0 Å². The van der Waals surface area contributed by atoms with Crippen molar-refractivity contribution >= 4 is 55.2 Å². The Morgan fingerprint density at radius 1 is 1.05 bits per heavy atom. The Morgan fingerprint density at radius 3 is 2.77 bits per heavy atom. The van der Waals surface area contributed by atoms with Gasteiger partial charge in [0.1, 0.15) is 21.9 Å². The predicted octanol–water partition coefficient (Wildman–Crippen LogP) is 5.91. The van der Waals surface area contributed by atoms with Gasteiger partial charge in [0.05, 0.1) is 36.7 Å². The Kier molecular flexibility index (Phi) is 11.6. The summed E-state index contributed by atoms with van der Waals surface area (Å²) in [5.74, 6) is 0.628. The SMILES string of the molecule is CC[C@@H]1CN(c2ccc(CCNC(=O)c3cnc4c(ccn4CCCCOCc4nc5c(s4)c4cnn(Cc6cccc(OC)c6)c(=O)c4n5C)c3)cc2)CCN1. The number of carbonyl (C=O) groups is 1. The fourth-order valence-electron chi connectivity index (χ4n) is 7.61. The molecule has 5 aromatic heterocycles. The summed E-state index contributed by atoms with van der Waals surface area (Å²) in [6.45, 7) is 8.02. The normalized spacial score (nSPS) is 14.6. The van der Waals surface area contributed by atoms with E-state index < -0.39 is 0 Å². The minimum Gasteiger partial charge on any atom is -0.497 e. The van der Waals surface area contributed by atoms with Crippen LogP contribution in [0.3, 0.4) is 0 Å². The standard InChI is InChI=1S/C43H49N9O4S/c1-4-33-27-51(20-17-44-33)34-12-10-29(11-13-34)14-16-45-42(53)32-23-31-15-19-50(40(31)46-24-32)18-5-6-21-56-28-37-48-41-39(57-37)36-25-47-52(43(54)38(36)49(41)2)26-30-8-7-9-35(22-30)55-3/h7-13,15,19,22-25,33,44H,4-6,14,16-18,20-21,26-28H2,1-3H3,(H,45,53)/t33-/m1/s1. The number of fused-ring (bicyclic) bond motifs is 4. The van der Waals surface area contributed by atoms with Crippen LogP contribution in [0.25, 0.3) is 32.3 Å². The lowest BCUT2D eigenvalue weighted by molar-refractivity contribution is 0.0954. The third-order valence-electron chi connectivity index (χ3n) is 10.8. The summed E-state index contributed by atoms with van der Waals surface area (Å²) in [5, 5.41) is 13.7. The van der Waals surface area contributed by atoms with Gasteiger partial charge < -0.3 is 34.1 Å². The highest BCUT2D eigenvalue weighted by Crippen LogP contribution is 2.31. The smallest absolute Gasteiger partial charge is 0.291 e. The summed E-state index contributed by atoms with van der Waals surface area (Å²) < 4.78 is 17.7. The van der Waals surface area contributed by atoms with Gasteiger partial charge in [-0.15, -0.1) is 11.3 Å². The first-order valence-corrected chi connectivity index (χ1v) is 20.5. The quantitative estimate of drug-likeness (QED) is 0.115. The number of thiazole rings is 1. The average molecular weight is 788 g/mol. The zero-order chi connectivity index (χ0) is 39.3. The number of hydrogen-bond donors (Lipinski definition) is 2. The van der Waals surface area contributed by atoms with E-state index in [1.165, 1.54) is 15.9 Å². The molecule has 0 spiro atoms. The van der Waals surface area contributed by atoms with Crippen LogP contribution < -0.4 is 25.8 Å². The molecule has 296 valence electrons. The van der Waals surface area contributed by atoms with Crippen molar-refractivity contribution in [2.24, 2.45) is 7.05 Å². The van der Waals surface area contributed by atoms with Crippen molar-refractivity contribution in [1.29, 1.82) is 0 Å². The van der Waals surface area contributed by atoms with Gasteiger partial charge >= 0.3 is 0 Å². The number of aromatic nitrogens is 6. The van der Waals surface area contributed by atoms with Gasteiger partial charge in [-0.2, -0.15) is 5.10 Å². The highest BCUT2D eigenvalue weighted by atomic mass is 32.1. The van der Waals surface area contributed by atoms with Crippen LogP contribution >= 0.6 is 11.3 Å². The summed E-state index contributed by atoms with van der Waals surface area (Å²) >= 11 is 1.54. The number of unbranched alkanes of at least 4 members (excludes halogenated alkanes) is 1. The second-order valence-electron chi connectivity index (χ2n) is 14.6. The molecule has 8 rings (SSSR count). The Morgan fingerprint density at radius 2 is 1.93 bits per heavy atom. The highest BCUT2D eigenvalue weighted by Gasteiger charge is 2.20. The van der Waals surface area contributed by atoms with Gasteiger partial charge in [0.25, 0.3) is 11.5 Å². The third kappa shape index (κ3) is 8.43. The first-order valence-electron chi connectivity index (χ1n) is 19.7. The summed E-state index contributed by atoms with van der Waals surface area (Å²) in [7, 11) is 3.50. The maximum atomic E-state index is 13.4. The fraction of sp³-hybridized carbons (Fsp3) is 0.372. The number of anilines is 1. The summed E-state index contributed by atoms with van der Waals surface area (Å²) in [5.41, 5.74) is 6.02. The lowest BCUT2D eigenvalue weighted by Crippen LogP contribution is -2.50. The highest BCUT2D eigenvalue weighted by molar-refractivity contribution is 7.19. The lowest BCUT2D eigenvalue weighted by atomic mass is 10.1. The van der Waals surface area contributed by atoms with Gasteiger partial charge in [-0.05, 0) is 73.2 Å². The van der Waals surface area contributed by atoms with Gasteiger partial charge in [0, 0.05) is 81.3 Å². The molecule has 1 aliphatic rings. The van der Waals surface area contributed by atoms with Crippen LogP contribution in [0.1, 0.15) is 52.7 Å². The van der Waals surface area contributed by atoms with Crippen molar-refractivity contribution in [2.45, 2.75) is 58.3 Å². The second kappa shape index (κ2) is 17.3. The van der Waals surface area contributed by atoms with Crippen LogP contribution in [-0.4, -0.2) is 80.7 Å². The molecule has 7 aromatic rings. The number of rotatable bonds is 16. The van der Waals surface area contributed by atoms with Crippen LogP contribution in [0.15, 0.2) is 84.0 Å². The minimum absolute atomic E-state index is 0.112. The van der Waals surface area contributed by atoms with E-state index in [9.17, 15) is 9.59 Å². The van der Waals surface area contributed by atoms with Crippen molar-refractivity contribution in [2.75, 3.05) is 44.8 Å². The van der Waals surface area contributed by atoms with E-state index in [1.54, 1.807) is 30.8 Å². The number of methoxy groups -OCH3 is 1. The van der Waals surface area contributed by atoms with Crippen molar-refractivity contribution in [3.05, 3.63) is 111 Å². The van der Waals surface area contributed by atoms with E-state index in [2.05, 4.69) is 61.4 Å². The molecule has 1 amide bonds. The van der Waals surface area contributed by atoms with Gasteiger partial charge in [-0.1, -0.05) is 31.2 Å². The molecule has 0 bridgehead atoms. The molecule has 0 unspecified atom stereocenters. The van der Waals surface area contributed by atoms with E-state index in [4.69, 9.17) is 14.5 Å². The Hall–Kier alpha value is -5.57. The molecule has 0 radical (unpaired) electrons. The van der Waals surface area contributed by atoms with Gasteiger partial charge in [-0.3, -0.25) is 9.59 Å². The second-order valence-corrected chi connectivity index (χ2v) is 15.7. The first-order chi connectivity index (χ1) is 27.9. The largest absolute Gasteiger partial charge is 0.497 e. The van der Waals surface area contributed by atoms with E-state index in [1.807, 2.05) is 54.2 Å². The van der Waals surface area contributed by atoms with Gasteiger partial charge in [0.2, 0.25) is 0 Å². The maximum absolute atomic E-state index is 13.4. The maximum Gasteiger partial charge on any atom is 0.291 e. The third-order valence-corrected chi connectivity index (χ3v) is 11.9. The van der Waals surface area contributed by atoms with Crippen molar-refractivity contribution in [1.82, 2.24) is 39.5 Å². The molecule has 1 saturated heterocycles. The molecular weight excluding hydrogens is 739 g/mol. The minimum atomic E-state index is -0.156. The van der Waals surface area contributed by atoms with Crippen molar-refractivity contribution in [3.8, 4) is 5.75 Å². The molecule has 14 heteroatoms. The van der Waals surface area contributed by atoms with Crippen molar-refractivity contribution < 1.29 is 14.3 Å². The zero-order valence-corrected chi connectivity index (χ0v) is 33.6. The Bertz CT molecular complexity index is 2560. The number of carbonyl (C=O) groups excluding carboxylic acids is 1. The molecule has 1 aliphatic heterocycles. The Balaban J connectivity index is 0.781. The predicted molar refractivity (Wildman–Crippen MR) is 226 cm³/mol. The zero-order valence-electron chi connectivity index (χ0n) is 32.7. The Labute approximate surface area is 335 Å². The van der Waals surface area contributed by atoms with E-state index in [0.717, 1.165) is 94.9 Å². The molecular formula is C43H49N9O4S. The first kappa shape index (κ1) is 38.3. The van der Waals surface area contributed by atoms with E-state index >= 15 is 0 Å². The lowest BCUT2D eigenvalue weighted by Gasteiger charge is -2.35. The number of nitrogens with one attached hydrogen (secondary N) is 2. The molecule has 6 heterocycles.